The molecule has 1 aliphatic heterocycles. The number of fused-ring (bicyclic) bond motifs is 1. The molecule has 2 aliphatic rings. The number of nitrogens with one attached hydrogen (secondary N) is 1. The largest absolute Gasteiger partial charge is 0.357 e. The van der Waals surface area contributed by atoms with E-state index < -0.39 is 6.04 Å². The van der Waals surface area contributed by atoms with Gasteiger partial charge in [0, 0.05) is 38.0 Å². The van der Waals surface area contributed by atoms with Gasteiger partial charge in [0.25, 0.3) is 0 Å². The van der Waals surface area contributed by atoms with E-state index in [1.165, 1.54) is 9.80 Å². The smallest absolute Gasteiger partial charge is 0.242 e. The van der Waals surface area contributed by atoms with Gasteiger partial charge in [0.15, 0.2) is 0 Å². The van der Waals surface area contributed by atoms with Crippen LogP contribution in [0.15, 0.2) is 66.7 Å². The quantitative estimate of drug-likeness (QED) is 0.416. The number of likely N-dealkylation sites (tertiary alicyclic amines) is 1. The van der Waals surface area contributed by atoms with E-state index in [1.807, 2.05) is 48.6 Å². The minimum atomic E-state index is -0.777. The number of hydrogen-bond acceptors (Lipinski definition) is 4. The molecular formula is C28H30ClN3O4. The number of halogens is 1. The van der Waals surface area contributed by atoms with Crippen LogP contribution in [0.5, 0.6) is 0 Å². The molecule has 0 unspecified atom stereocenters. The van der Waals surface area contributed by atoms with Crippen molar-refractivity contribution in [1.29, 1.82) is 0 Å². The SMILES string of the molecule is CNC(=O)[C@@H](Cc1ccccc1)N(Cc1cccc(Cl)c1)C(=O)CCN1C(=O)[C@H]2CC=CC[C@H]2C1=O. The summed E-state index contributed by atoms with van der Waals surface area (Å²) in [6, 6.07) is 15.9. The molecule has 0 radical (unpaired) electrons. The Balaban J connectivity index is 1.56. The highest BCUT2D eigenvalue weighted by Gasteiger charge is 2.47. The fraction of sp³-hybridized carbons (Fsp3) is 0.357. The maximum atomic E-state index is 13.6. The molecule has 7 nitrogen and oxygen atoms in total. The van der Waals surface area contributed by atoms with Crippen molar-refractivity contribution in [2.45, 2.75) is 38.3 Å². The maximum absolute atomic E-state index is 13.6. The molecule has 3 atom stereocenters. The Bertz CT molecular complexity index is 1140. The Morgan fingerprint density at radius 2 is 1.64 bits per heavy atom. The second-order valence-corrected chi connectivity index (χ2v) is 9.64. The summed E-state index contributed by atoms with van der Waals surface area (Å²) in [4.78, 5) is 55.1. The number of amides is 4. The zero-order valence-electron chi connectivity index (χ0n) is 20.2. The fourth-order valence-corrected chi connectivity index (χ4v) is 5.21. The van der Waals surface area contributed by atoms with Gasteiger partial charge in [-0.05, 0) is 36.1 Å². The van der Waals surface area contributed by atoms with Crippen LogP contribution in [0.2, 0.25) is 5.02 Å². The number of carbonyl (C=O) groups is 4. The van der Waals surface area contributed by atoms with E-state index in [2.05, 4.69) is 5.32 Å². The lowest BCUT2D eigenvalue weighted by molar-refractivity contribution is -0.144. The van der Waals surface area contributed by atoms with Crippen molar-refractivity contribution in [2.75, 3.05) is 13.6 Å². The van der Waals surface area contributed by atoms with E-state index in [0.29, 0.717) is 24.3 Å². The van der Waals surface area contributed by atoms with E-state index >= 15 is 0 Å². The summed E-state index contributed by atoms with van der Waals surface area (Å²) in [6.07, 6.45) is 5.24. The van der Waals surface area contributed by atoms with Gasteiger partial charge in [0.2, 0.25) is 23.6 Å². The molecule has 0 bridgehead atoms. The average molecular weight is 508 g/mol. The van der Waals surface area contributed by atoms with Gasteiger partial charge >= 0.3 is 0 Å². The van der Waals surface area contributed by atoms with Crippen molar-refractivity contribution in [2.24, 2.45) is 11.8 Å². The minimum absolute atomic E-state index is 0.00134. The molecule has 2 aromatic carbocycles. The van der Waals surface area contributed by atoms with E-state index in [0.717, 1.165) is 11.1 Å². The monoisotopic (exact) mass is 507 g/mol. The van der Waals surface area contributed by atoms with Gasteiger partial charge < -0.3 is 10.2 Å². The van der Waals surface area contributed by atoms with Crippen LogP contribution in [-0.4, -0.2) is 53.1 Å². The highest BCUT2D eigenvalue weighted by atomic mass is 35.5. The Morgan fingerprint density at radius 1 is 1.00 bits per heavy atom. The lowest BCUT2D eigenvalue weighted by atomic mass is 9.85. The van der Waals surface area contributed by atoms with E-state index in [4.69, 9.17) is 11.6 Å². The molecule has 1 heterocycles. The fourth-order valence-electron chi connectivity index (χ4n) is 4.99. The number of nitrogens with zero attached hydrogens (tertiary/aromatic N) is 2. The van der Waals surface area contributed by atoms with Crippen LogP contribution in [-0.2, 0) is 32.1 Å². The summed E-state index contributed by atoms with van der Waals surface area (Å²) < 4.78 is 0. The first-order valence-electron chi connectivity index (χ1n) is 12.2. The van der Waals surface area contributed by atoms with Crippen molar-refractivity contribution in [3.05, 3.63) is 82.9 Å². The predicted molar refractivity (Wildman–Crippen MR) is 137 cm³/mol. The Morgan fingerprint density at radius 3 is 2.25 bits per heavy atom. The van der Waals surface area contributed by atoms with Crippen LogP contribution in [0.4, 0.5) is 0 Å². The van der Waals surface area contributed by atoms with E-state index in [9.17, 15) is 19.2 Å². The first kappa shape index (κ1) is 25.6. The normalized spacial score (nSPS) is 19.7. The van der Waals surface area contributed by atoms with Crippen LogP contribution < -0.4 is 5.32 Å². The number of benzene rings is 2. The summed E-state index contributed by atoms with van der Waals surface area (Å²) in [5.74, 6) is -1.70. The molecule has 0 spiro atoms. The molecule has 1 aliphatic carbocycles. The van der Waals surface area contributed by atoms with Gasteiger partial charge in [0.1, 0.15) is 6.04 Å². The van der Waals surface area contributed by atoms with Gasteiger partial charge in [-0.25, -0.2) is 0 Å². The zero-order valence-corrected chi connectivity index (χ0v) is 21.0. The van der Waals surface area contributed by atoms with Crippen LogP contribution in [0, 0.1) is 11.8 Å². The summed E-state index contributed by atoms with van der Waals surface area (Å²) in [6.45, 7) is 0.169. The Kier molecular flexibility index (Phi) is 8.21. The van der Waals surface area contributed by atoms with Crippen molar-refractivity contribution in [1.82, 2.24) is 15.1 Å². The number of imide groups is 1. The number of hydrogen-bond donors (Lipinski definition) is 1. The molecule has 36 heavy (non-hydrogen) atoms. The summed E-state index contributed by atoms with van der Waals surface area (Å²) in [5.41, 5.74) is 1.69. The zero-order chi connectivity index (χ0) is 25.7. The standard InChI is InChI=1S/C28H30ClN3O4/c1-30-26(34)24(17-19-8-3-2-4-9-19)32(18-20-10-7-11-21(29)16-20)25(33)14-15-31-27(35)22-12-5-6-13-23(22)28(31)36/h2-11,16,22-24H,12-15,17-18H2,1H3,(H,30,34)/t22-,23+,24-/m1/s1. The number of allylic oxidation sites excluding steroid dienone is 2. The molecule has 188 valence electrons. The van der Waals surface area contributed by atoms with Crippen molar-refractivity contribution >= 4 is 35.2 Å². The number of rotatable bonds is 9. The third kappa shape index (κ3) is 5.68. The Hall–Kier alpha value is -3.45. The molecule has 1 fully saturated rings. The average Bonchev–Trinajstić information content (AvgIpc) is 3.14. The molecule has 2 aromatic rings. The van der Waals surface area contributed by atoms with Crippen molar-refractivity contribution in [3.8, 4) is 0 Å². The number of carbonyl (C=O) groups excluding carboxylic acids is 4. The highest BCUT2D eigenvalue weighted by Crippen LogP contribution is 2.35. The molecule has 1 saturated heterocycles. The first-order chi connectivity index (χ1) is 17.4. The third-order valence-electron chi connectivity index (χ3n) is 6.91. The van der Waals surface area contributed by atoms with Crippen LogP contribution in [0.1, 0.15) is 30.4 Å². The number of likely N-dealkylation sites (N-methyl/N-ethyl adjacent to an activating group) is 1. The van der Waals surface area contributed by atoms with Gasteiger partial charge in [-0.15, -0.1) is 0 Å². The lowest BCUT2D eigenvalue weighted by Gasteiger charge is -2.31. The lowest BCUT2D eigenvalue weighted by Crippen LogP contribution is -2.50. The first-order valence-corrected chi connectivity index (χ1v) is 12.6. The second-order valence-electron chi connectivity index (χ2n) is 9.21. The summed E-state index contributed by atoms with van der Waals surface area (Å²) >= 11 is 6.18. The molecule has 0 saturated carbocycles. The van der Waals surface area contributed by atoms with E-state index in [1.54, 1.807) is 25.2 Å². The molecular weight excluding hydrogens is 478 g/mol. The van der Waals surface area contributed by atoms with Crippen molar-refractivity contribution < 1.29 is 19.2 Å². The molecule has 0 aromatic heterocycles. The van der Waals surface area contributed by atoms with Crippen LogP contribution >= 0.6 is 11.6 Å². The summed E-state index contributed by atoms with van der Waals surface area (Å²) in [5, 5.41) is 3.21. The highest BCUT2D eigenvalue weighted by molar-refractivity contribution is 6.30. The van der Waals surface area contributed by atoms with Gasteiger partial charge in [-0.1, -0.05) is 66.2 Å². The van der Waals surface area contributed by atoms with E-state index in [-0.39, 0.29) is 55.0 Å². The minimum Gasteiger partial charge on any atom is -0.357 e. The topological polar surface area (TPSA) is 86.8 Å². The van der Waals surface area contributed by atoms with Gasteiger partial charge in [0.05, 0.1) is 11.8 Å². The van der Waals surface area contributed by atoms with Gasteiger partial charge in [-0.3, -0.25) is 24.1 Å². The maximum Gasteiger partial charge on any atom is 0.242 e. The predicted octanol–water partition coefficient (Wildman–Crippen LogP) is 3.37. The Labute approximate surface area is 216 Å². The van der Waals surface area contributed by atoms with Crippen molar-refractivity contribution in [3.63, 3.8) is 0 Å². The third-order valence-corrected chi connectivity index (χ3v) is 7.14. The van der Waals surface area contributed by atoms with Crippen LogP contribution in [0.3, 0.4) is 0 Å². The molecule has 8 heteroatoms. The second kappa shape index (κ2) is 11.5. The molecule has 4 amide bonds. The van der Waals surface area contributed by atoms with Crippen LogP contribution in [0.25, 0.3) is 0 Å². The summed E-state index contributed by atoms with van der Waals surface area (Å²) in [7, 11) is 1.54. The molecule has 4 rings (SSSR count). The van der Waals surface area contributed by atoms with Gasteiger partial charge in [-0.2, -0.15) is 0 Å². The molecule has 1 N–H and O–H groups in total.